The first kappa shape index (κ1) is 15.9. The van der Waals surface area contributed by atoms with E-state index >= 15 is 0 Å². The summed E-state index contributed by atoms with van der Waals surface area (Å²) >= 11 is 0. The van der Waals surface area contributed by atoms with Crippen LogP contribution in [0.25, 0.3) is 5.69 Å². The standard InChI is InChI=1S/C18H15F2N3O/c1-12-16(11-22-23(12)15-8-6-14(19)7-9-15)18(24)21-10-13-4-2-3-5-17(13)20/h2-9,11H,10H2,1H3,(H,21,24). The van der Waals surface area contributed by atoms with Crippen LogP contribution < -0.4 is 5.32 Å². The van der Waals surface area contributed by atoms with E-state index in [1.54, 1.807) is 41.9 Å². The summed E-state index contributed by atoms with van der Waals surface area (Å²) in [6.45, 7) is 1.83. The number of amides is 1. The van der Waals surface area contributed by atoms with E-state index in [4.69, 9.17) is 0 Å². The van der Waals surface area contributed by atoms with Crippen molar-refractivity contribution in [1.82, 2.24) is 15.1 Å². The van der Waals surface area contributed by atoms with Crippen LogP contribution in [0.4, 0.5) is 8.78 Å². The van der Waals surface area contributed by atoms with Crippen LogP contribution in [0.5, 0.6) is 0 Å². The second-order valence-corrected chi connectivity index (χ2v) is 5.31. The molecular weight excluding hydrogens is 312 g/mol. The van der Waals surface area contributed by atoms with E-state index in [1.807, 2.05) is 0 Å². The molecule has 3 aromatic rings. The maximum atomic E-state index is 13.6. The summed E-state index contributed by atoms with van der Waals surface area (Å²) < 4.78 is 28.1. The van der Waals surface area contributed by atoms with Crippen molar-refractivity contribution in [2.24, 2.45) is 0 Å². The number of aromatic nitrogens is 2. The predicted molar refractivity (Wildman–Crippen MR) is 85.8 cm³/mol. The number of carbonyl (C=O) groups excluding carboxylic acids is 1. The minimum absolute atomic E-state index is 0.0900. The first-order chi connectivity index (χ1) is 11.6. The van der Waals surface area contributed by atoms with Crippen molar-refractivity contribution in [3.8, 4) is 5.69 Å². The summed E-state index contributed by atoms with van der Waals surface area (Å²) in [5, 5.41) is 6.85. The highest BCUT2D eigenvalue weighted by Gasteiger charge is 2.15. The highest BCUT2D eigenvalue weighted by Crippen LogP contribution is 2.15. The van der Waals surface area contributed by atoms with E-state index in [2.05, 4.69) is 10.4 Å². The van der Waals surface area contributed by atoms with E-state index in [0.29, 0.717) is 22.5 Å². The van der Waals surface area contributed by atoms with Gasteiger partial charge in [0.05, 0.1) is 23.1 Å². The van der Waals surface area contributed by atoms with Crippen LogP contribution in [0.3, 0.4) is 0 Å². The lowest BCUT2D eigenvalue weighted by molar-refractivity contribution is 0.0950. The molecule has 2 aromatic carbocycles. The van der Waals surface area contributed by atoms with Crippen molar-refractivity contribution in [3.05, 3.63) is 83.2 Å². The van der Waals surface area contributed by atoms with Gasteiger partial charge in [-0.05, 0) is 37.3 Å². The number of nitrogens with one attached hydrogen (secondary N) is 1. The van der Waals surface area contributed by atoms with E-state index in [9.17, 15) is 13.6 Å². The molecule has 0 saturated heterocycles. The molecule has 0 radical (unpaired) electrons. The Morgan fingerprint density at radius 3 is 2.54 bits per heavy atom. The number of hydrogen-bond donors (Lipinski definition) is 1. The van der Waals surface area contributed by atoms with Crippen LogP contribution in [0.15, 0.2) is 54.7 Å². The molecule has 1 amide bonds. The predicted octanol–water partition coefficient (Wildman–Crippen LogP) is 3.39. The van der Waals surface area contributed by atoms with Crippen LogP contribution in [0, 0.1) is 18.6 Å². The monoisotopic (exact) mass is 327 g/mol. The first-order valence-electron chi connectivity index (χ1n) is 7.38. The third-order valence-electron chi connectivity index (χ3n) is 3.72. The van der Waals surface area contributed by atoms with Gasteiger partial charge in [0.25, 0.3) is 5.91 Å². The third kappa shape index (κ3) is 3.17. The normalized spacial score (nSPS) is 10.6. The minimum Gasteiger partial charge on any atom is -0.348 e. The van der Waals surface area contributed by atoms with Crippen molar-refractivity contribution in [3.63, 3.8) is 0 Å². The van der Waals surface area contributed by atoms with Crippen molar-refractivity contribution in [2.45, 2.75) is 13.5 Å². The Bertz CT molecular complexity index is 872. The molecular formula is C18H15F2N3O. The molecule has 0 aliphatic carbocycles. The summed E-state index contributed by atoms with van der Waals surface area (Å²) in [5.74, 6) is -1.05. The van der Waals surface area contributed by atoms with Gasteiger partial charge in [-0.3, -0.25) is 4.79 Å². The Kier molecular flexibility index (Phi) is 4.37. The molecule has 0 unspecified atom stereocenters. The Labute approximate surface area is 137 Å². The molecule has 0 bridgehead atoms. The summed E-state index contributed by atoms with van der Waals surface area (Å²) in [4.78, 5) is 12.3. The lowest BCUT2D eigenvalue weighted by Gasteiger charge is -2.07. The van der Waals surface area contributed by atoms with Gasteiger partial charge in [-0.15, -0.1) is 0 Å². The Morgan fingerprint density at radius 2 is 1.83 bits per heavy atom. The largest absolute Gasteiger partial charge is 0.348 e. The van der Waals surface area contributed by atoms with E-state index in [1.165, 1.54) is 24.4 Å². The number of hydrogen-bond acceptors (Lipinski definition) is 2. The number of carbonyl (C=O) groups is 1. The molecule has 0 atom stereocenters. The molecule has 4 nitrogen and oxygen atoms in total. The van der Waals surface area contributed by atoms with Gasteiger partial charge >= 0.3 is 0 Å². The van der Waals surface area contributed by atoms with Crippen molar-refractivity contribution in [1.29, 1.82) is 0 Å². The first-order valence-corrected chi connectivity index (χ1v) is 7.38. The number of rotatable bonds is 4. The van der Waals surface area contributed by atoms with Gasteiger partial charge in [-0.2, -0.15) is 5.10 Å². The maximum Gasteiger partial charge on any atom is 0.255 e. The zero-order valence-corrected chi connectivity index (χ0v) is 13.0. The SMILES string of the molecule is Cc1c(C(=O)NCc2ccccc2F)cnn1-c1ccc(F)cc1. The van der Waals surface area contributed by atoms with Gasteiger partial charge in [0.2, 0.25) is 0 Å². The molecule has 1 heterocycles. The fraction of sp³-hybridized carbons (Fsp3) is 0.111. The minimum atomic E-state index is -0.364. The highest BCUT2D eigenvalue weighted by molar-refractivity contribution is 5.95. The van der Waals surface area contributed by atoms with Crippen molar-refractivity contribution < 1.29 is 13.6 Å². The fourth-order valence-corrected chi connectivity index (χ4v) is 2.39. The third-order valence-corrected chi connectivity index (χ3v) is 3.72. The van der Waals surface area contributed by atoms with Gasteiger partial charge in [-0.1, -0.05) is 18.2 Å². The van der Waals surface area contributed by atoms with Gasteiger partial charge in [0.1, 0.15) is 11.6 Å². The van der Waals surface area contributed by atoms with Crippen LogP contribution in [-0.2, 0) is 6.54 Å². The molecule has 0 aliphatic rings. The number of nitrogens with zero attached hydrogens (tertiary/aromatic N) is 2. The van der Waals surface area contributed by atoms with Crippen molar-refractivity contribution in [2.75, 3.05) is 0 Å². The molecule has 3 rings (SSSR count). The summed E-state index contributed by atoms with van der Waals surface area (Å²) in [7, 11) is 0. The van der Waals surface area contributed by atoms with Gasteiger partial charge < -0.3 is 5.32 Å². The second kappa shape index (κ2) is 6.62. The summed E-state index contributed by atoms with van der Waals surface area (Å²) in [6.07, 6.45) is 1.44. The molecule has 1 aromatic heterocycles. The molecule has 0 saturated carbocycles. The van der Waals surface area contributed by atoms with Gasteiger partial charge in [0.15, 0.2) is 0 Å². The van der Waals surface area contributed by atoms with Crippen LogP contribution >= 0.6 is 0 Å². The smallest absolute Gasteiger partial charge is 0.255 e. The van der Waals surface area contributed by atoms with Gasteiger partial charge in [0, 0.05) is 12.1 Å². The maximum absolute atomic E-state index is 13.6. The molecule has 122 valence electrons. The molecule has 0 spiro atoms. The lowest BCUT2D eigenvalue weighted by Crippen LogP contribution is -2.23. The Hall–Kier alpha value is -3.02. The molecule has 1 N–H and O–H groups in total. The van der Waals surface area contributed by atoms with Gasteiger partial charge in [-0.25, -0.2) is 13.5 Å². The second-order valence-electron chi connectivity index (χ2n) is 5.31. The van der Waals surface area contributed by atoms with E-state index in [0.717, 1.165) is 0 Å². The summed E-state index contributed by atoms with van der Waals surface area (Å²) in [5.41, 5.74) is 2.07. The molecule has 6 heteroatoms. The summed E-state index contributed by atoms with van der Waals surface area (Å²) in [6, 6.07) is 12.1. The average molecular weight is 327 g/mol. The van der Waals surface area contributed by atoms with E-state index in [-0.39, 0.29) is 24.1 Å². The Morgan fingerprint density at radius 1 is 1.12 bits per heavy atom. The quantitative estimate of drug-likeness (QED) is 0.798. The van der Waals surface area contributed by atoms with Crippen molar-refractivity contribution >= 4 is 5.91 Å². The molecule has 24 heavy (non-hydrogen) atoms. The topological polar surface area (TPSA) is 46.9 Å². The highest BCUT2D eigenvalue weighted by atomic mass is 19.1. The van der Waals surface area contributed by atoms with E-state index < -0.39 is 0 Å². The molecule has 0 aliphatic heterocycles. The number of halogens is 2. The zero-order chi connectivity index (χ0) is 17.1. The zero-order valence-electron chi connectivity index (χ0n) is 13.0. The van der Waals surface area contributed by atoms with Crippen LogP contribution in [0.1, 0.15) is 21.6 Å². The average Bonchev–Trinajstić information content (AvgIpc) is 2.96. The lowest BCUT2D eigenvalue weighted by atomic mass is 10.2. The van der Waals surface area contributed by atoms with Crippen LogP contribution in [-0.4, -0.2) is 15.7 Å². The fourth-order valence-electron chi connectivity index (χ4n) is 2.39. The number of benzene rings is 2. The Balaban J connectivity index is 1.76. The van der Waals surface area contributed by atoms with Crippen LogP contribution in [0.2, 0.25) is 0 Å². The molecule has 0 fully saturated rings.